The Kier molecular flexibility index (Phi) is 6.20. The molecule has 0 saturated heterocycles. The van der Waals surface area contributed by atoms with Crippen LogP contribution in [0.15, 0.2) is 23.2 Å². The van der Waals surface area contributed by atoms with Crippen molar-refractivity contribution in [1.29, 1.82) is 0 Å². The summed E-state index contributed by atoms with van der Waals surface area (Å²) in [7, 11) is 1.93. The molecule has 0 fully saturated rings. The SMILES string of the molecule is CCNC(=NCc1ccc(F)c(Cl)c1)NCc1c(C)nn(C)c1C. The molecule has 5 nitrogen and oxygen atoms in total. The van der Waals surface area contributed by atoms with Crippen molar-refractivity contribution in [1.82, 2.24) is 20.4 Å². The molecule has 0 aliphatic carbocycles. The second kappa shape index (κ2) is 8.15. The molecule has 2 aromatic rings. The van der Waals surface area contributed by atoms with Crippen molar-refractivity contribution in [2.75, 3.05) is 6.54 Å². The lowest BCUT2D eigenvalue weighted by atomic mass is 10.2. The molecule has 0 unspecified atom stereocenters. The zero-order valence-electron chi connectivity index (χ0n) is 14.5. The zero-order valence-corrected chi connectivity index (χ0v) is 15.2. The predicted molar refractivity (Wildman–Crippen MR) is 95.7 cm³/mol. The first-order valence-electron chi connectivity index (χ1n) is 7.87. The fourth-order valence-corrected chi connectivity index (χ4v) is 2.60. The Morgan fingerprint density at radius 1 is 1.33 bits per heavy atom. The van der Waals surface area contributed by atoms with Gasteiger partial charge < -0.3 is 10.6 Å². The normalized spacial score (nSPS) is 11.7. The van der Waals surface area contributed by atoms with Gasteiger partial charge in [0.05, 0.1) is 17.3 Å². The second-order valence-electron chi connectivity index (χ2n) is 5.57. The number of guanidine groups is 1. The standard InChI is InChI=1S/C17H23ClFN5/c1-5-20-17(21-9-13-6-7-16(19)15(18)8-13)22-10-14-11(2)23-24(4)12(14)3/h6-8H,5,9-10H2,1-4H3,(H2,20,21,22). The van der Waals surface area contributed by atoms with Gasteiger partial charge in [0.25, 0.3) is 0 Å². The van der Waals surface area contributed by atoms with Crippen molar-refractivity contribution < 1.29 is 4.39 Å². The number of halogens is 2. The minimum atomic E-state index is -0.419. The van der Waals surface area contributed by atoms with Gasteiger partial charge in [-0.05, 0) is 38.5 Å². The number of nitrogens with zero attached hydrogens (tertiary/aromatic N) is 3. The average Bonchev–Trinajstić information content (AvgIpc) is 2.78. The molecule has 7 heteroatoms. The highest BCUT2D eigenvalue weighted by Gasteiger charge is 2.09. The minimum Gasteiger partial charge on any atom is -0.357 e. The Balaban J connectivity index is 2.06. The first-order valence-corrected chi connectivity index (χ1v) is 8.25. The number of benzene rings is 1. The van der Waals surface area contributed by atoms with E-state index in [1.807, 2.05) is 32.5 Å². The number of nitrogens with one attached hydrogen (secondary N) is 2. The third-order valence-corrected chi connectivity index (χ3v) is 4.13. The minimum absolute atomic E-state index is 0.113. The summed E-state index contributed by atoms with van der Waals surface area (Å²) in [6, 6.07) is 4.64. The summed E-state index contributed by atoms with van der Waals surface area (Å²) in [5, 5.41) is 11.0. The molecule has 0 saturated carbocycles. The maximum atomic E-state index is 13.2. The summed E-state index contributed by atoms with van der Waals surface area (Å²) >= 11 is 5.80. The van der Waals surface area contributed by atoms with Crippen LogP contribution in [0.4, 0.5) is 4.39 Å². The van der Waals surface area contributed by atoms with E-state index in [-0.39, 0.29) is 5.02 Å². The van der Waals surface area contributed by atoms with Crippen LogP contribution in [0.2, 0.25) is 5.02 Å². The summed E-state index contributed by atoms with van der Waals surface area (Å²) in [5.41, 5.74) is 4.14. The van der Waals surface area contributed by atoms with E-state index in [1.165, 1.54) is 6.07 Å². The molecule has 0 radical (unpaired) electrons. The molecule has 1 heterocycles. The van der Waals surface area contributed by atoms with Gasteiger partial charge in [-0.1, -0.05) is 17.7 Å². The van der Waals surface area contributed by atoms with E-state index in [4.69, 9.17) is 11.6 Å². The van der Waals surface area contributed by atoms with E-state index < -0.39 is 5.82 Å². The molecule has 2 rings (SSSR count). The summed E-state index contributed by atoms with van der Waals surface area (Å²) in [6.07, 6.45) is 0. The molecule has 0 bridgehead atoms. The molecular weight excluding hydrogens is 329 g/mol. The first kappa shape index (κ1) is 18.3. The van der Waals surface area contributed by atoms with Gasteiger partial charge in [0.1, 0.15) is 5.82 Å². The monoisotopic (exact) mass is 351 g/mol. The van der Waals surface area contributed by atoms with Gasteiger partial charge in [-0.3, -0.25) is 4.68 Å². The van der Waals surface area contributed by atoms with Crippen molar-refractivity contribution in [3.05, 3.63) is 51.6 Å². The molecule has 0 atom stereocenters. The predicted octanol–water partition coefficient (Wildman–Crippen LogP) is 3.08. The van der Waals surface area contributed by atoms with Gasteiger partial charge in [0.15, 0.2) is 5.96 Å². The quantitative estimate of drug-likeness (QED) is 0.643. The second-order valence-corrected chi connectivity index (χ2v) is 5.98. The highest BCUT2D eigenvalue weighted by atomic mass is 35.5. The average molecular weight is 352 g/mol. The Morgan fingerprint density at radius 2 is 2.08 bits per heavy atom. The van der Waals surface area contributed by atoms with Crippen LogP contribution in [-0.2, 0) is 20.1 Å². The highest BCUT2D eigenvalue weighted by molar-refractivity contribution is 6.30. The van der Waals surface area contributed by atoms with Gasteiger partial charge in [-0.2, -0.15) is 5.10 Å². The molecule has 130 valence electrons. The van der Waals surface area contributed by atoms with Crippen LogP contribution in [0.5, 0.6) is 0 Å². The van der Waals surface area contributed by atoms with Crippen LogP contribution < -0.4 is 10.6 Å². The highest BCUT2D eigenvalue weighted by Crippen LogP contribution is 2.16. The van der Waals surface area contributed by atoms with Crippen LogP contribution >= 0.6 is 11.6 Å². The van der Waals surface area contributed by atoms with Crippen molar-refractivity contribution >= 4 is 17.6 Å². The lowest BCUT2D eigenvalue weighted by Gasteiger charge is -2.12. The van der Waals surface area contributed by atoms with Crippen LogP contribution in [0, 0.1) is 19.7 Å². The van der Waals surface area contributed by atoms with Crippen molar-refractivity contribution in [2.45, 2.75) is 33.9 Å². The van der Waals surface area contributed by atoms with Gasteiger partial charge in [0, 0.05) is 31.4 Å². The van der Waals surface area contributed by atoms with Gasteiger partial charge in [-0.25, -0.2) is 9.38 Å². The molecule has 0 spiro atoms. The molecule has 1 aromatic carbocycles. The van der Waals surface area contributed by atoms with Gasteiger partial charge in [-0.15, -0.1) is 0 Å². The molecular formula is C17H23ClFN5. The number of rotatable bonds is 5. The van der Waals surface area contributed by atoms with E-state index in [1.54, 1.807) is 12.1 Å². The topological polar surface area (TPSA) is 54.2 Å². The van der Waals surface area contributed by atoms with E-state index in [0.29, 0.717) is 19.0 Å². The van der Waals surface area contributed by atoms with E-state index in [2.05, 4.69) is 20.7 Å². The van der Waals surface area contributed by atoms with E-state index in [0.717, 1.165) is 29.1 Å². The molecule has 0 amide bonds. The van der Waals surface area contributed by atoms with Crippen LogP contribution in [0.25, 0.3) is 0 Å². The molecule has 24 heavy (non-hydrogen) atoms. The van der Waals surface area contributed by atoms with Crippen molar-refractivity contribution in [3.8, 4) is 0 Å². The summed E-state index contributed by atoms with van der Waals surface area (Å²) in [6.45, 7) is 7.85. The number of aromatic nitrogens is 2. The largest absolute Gasteiger partial charge is 0.357 e. The van der Waals surface area contributed by atoms with E-state index >= 15 is 0 Å². The summed E-state index contributed by atoms with van der Waals surface area (Å²) in [4.78, 5) is 4.52. The third kappa shape index (κ3) is 4.47. The molecule has 2 N–H and O–H groups in total. The van der Waals surface area contributed by atoms with Crippen LogP contribution in [0.1, 0.15) is 29.4 Å². The number of hydrogen-bond acceptors (Lipinski definition) is 2. The number of aryl methyl sites for hydroxylation is 2. The summed E-state index contributed by atoms with van der Waals surface area (Å²) < 4.78 is 15.1. The Labute approximate surface area is 146 Å². The van der Waals surface area contributed by atoms with Crippen molar-refractivity contribution in [3.63, 3.8) is 0 Å². The fourth-order valence-electron chi connectivity index (χ4n) is 2.40. The molecule has 0 aliphatic rings. The summed E-state index contributed by atoms with van der Waals surface area (Å²) in [5.74, 6) is 0.276. The maximum absolute atomic E-state index is 13.2. The van der Waals surface area contributed by atoms with Crippen LogP contribution in [0.3, 0.4) is 0 Å². The lowest BCUT2D eigenvalue weighted by molar-refractivity contribution is 0.627. The lowest BCUT2D eigenvalue weighted by Crippen LogP contribution is -2.37. The van der Waals surface area contributed by atoms with Gasteiger partial charge in [0.2, 0.25) is 0 Å². The first-order chi connectivity index (χ1) is 11.4. The Hall–Kier alpha value is -2.08. The zero-order chi connectivity index (χ0) is 17.7. The van der Waals surface area contributed by atoms with Crippen LogP contribution in [-0.4, -0.2) is 22.3 Å². The third-order valence-electron chi connectivity index (χ3n) is 3.84. The fraction of sp³-hybridized carbons (Fsp3) is 0.412. The molecule has 0 aliphatic heterocycles. The Bertz CT molecular complexity index is 739. The van der Waals surface area contributed by atoms with Crippen molar-refractivity contribution in [2.24, 2.45) is 12.0 Å². The molecule has 1 aromatic heterocycles. The van der Waals surface area contributed by atoms with E-state index in [9.17, 15) is 4.39 Å². The number of aliphatic imine (C=N–C) groups is 1. The number of hydrogen-bond donors (Lipinski definition) is 2. The van der Waals surface area contributed by atoms with Gasteiger partial charge >= 0.3 is 0 Å². The smallest absolute Gasteiger partial charge is 0.191 e. The maximum Gasteiger partial charge on any atom is 0.191 e. The Morgan fingerprint density at radius 3 is 2.67 bits per heavy atom.